The van der Waals surface area contributed by atoms with Gasteiger partial charge in [-0.05, 0) is 61.7 Å². The molecule has 1 heterocycles. The van der Waals surface area contributed by atoms with E-state index in [4.69, 9.17) is 0 Å². The molecule has 27 heavy (non-hydrogen) atoms. The van der Waals surface area contributed by atoms with Gasteiger partial charge in [0.1, 0.15) is 5.82 Å². The van der Waals surface area contributed by atoms with Crippen LogP contribution in [0.4, 0.5) is 15.8 Å². The Morgan fingerprint density at radius 3 is 2.59 bits per heavy atom. The highest BCUT2D eigenvalue weighted by Crippen LogP contribution is 2.19. The molecule has 0 radical (unpaired) electrons. The minimum atomic E-state index is -0.368. The molecule has 3 rings (SSSR count). The third-order valence-corrected chi connectivity index (χ3v) is 4.66. The summed E-state index contributed by atoms with van der Waals surface area (Å²) in [4.78, 5) is 27.1. The number of benzene rings is 2. The lowest BCUT2D eigenvalue weighted by molar-refractivity contribution is -0.117. The number of nitrogens with zero attached hydrogens (tertiary/aromatic N) is 1. The molecule has 5 nitrogen and oxygen atoms in total. The minimum absolute atomic E-state index is 0.133. The van der Waals surface area contributed by atoms with Crippen molar-refractivity contribution >= 4 is 23.2 Å². The van der Waals surface area contributed by atoms with Crippen molar-refractivity contribution in [3.05, 3.63) is 59.9 Å². The fraction of sp³-hybridized carbons (Fsp3) is 0.333. The molecular weight excluding hydrogens is 345 g/mol. The molecule has 1 aliphatic rings. The standard InChI is InChI=1S/C21H24FN3O2/c1-15-5-4-12-25(13-15)14-20(26)24-19-7-3-2-6-18(19)21(27)23-17-10-8-16(22)9-11-17/h2-3,6-11,15H,4-5,12-14H2,1H3,(H,23,27)(H,24,26)/t15-/m1/s1. The first kappa shape index (κ1) is 19.0. The van der Waals surface area contributed by atoms with Gasteiger partial charge in [-0.15, -0.1) is 0 Å². The molecule has 0 aromatic heterocycles. The number of anilines is 2. The van der Waals surface area contributed by atoms with Crippen LogP contribution in [0, 0.1) is 11.7 Å². The zero-order valence-corrected chi connectivity index (χ0v) is 15.4. The van der Waals surface area contributed by atoms with Gasteiger partial charge >= 0.3 is 0 Å². The van der Waals surface area contributed by atoms with Crippen LogP contribution in [0.1, 0.15) is 30.1 Å². The highest BCUT2D eigenvalue weighted by Gasteiger charge is 2.19. The maximum absolute atomic E-state index is 13.0. The van der Waals surface area contributed by atoms with Crippen LogP contribution in [-0.2, 0) is 4.79 Å². The maximum atomic E-state index is 13.0. The number of nitrogens with one attached hydrogen (secondary N) is 2. The maximum Gasteiger partial charge on any atom is 0.257 e. The first-order chi connectivity index (χ1) is 13.0. The van der Waals surface area contributed by atoms with E-state index in [-0.39, 0.29) is 17.6 Å². The van der Waals surface area contributed by atoms with Crippen LogP contribution in [0.3, 0.4) is 0 Å². The Hall–Kier alpha value is -2.73. The Balaban J connectivity index is 1.65. The monoisotopic (exact) mass is 369 g/mol. The van der Waals surface area contributed by atoms with Crippen LogP contribution in [0.25, 0.3) is 0 Å². The van der Waals surface area contributed by atoms with Crippen molar-refractivity contribution < 1.29 is 14.0 Å². The summed E-state index contributed by atoms with van der Waals surface area (Å²) in [5, 5.41) is 5.57. The topological polar surface area (TPSA) is 61.4 Å². The molecule has 0 spiro atoms. The number of carbonyl (C=O) groups is 2. The van der Waals surface area contributed by atoms with Gasteiger partial charge in [0.05, 0.1) is 17.8 Å². The van der Waals surface area contributed by atoms with Crippen LogP contribution in [-0.4, -0.2) is 36.3 Å². The summed E-state index contributed by atoms with van der Waals surface area (Å²) in [6.45, 7) is 4.35. The van der Waals surface area contributed by atoms with E-state index in [1.54, 1.807) is 24.3 Å². The highest BCUT2D eigenvalue weighted by molar-refractivity contribution is 6.10. The molecule has 2 aromatic rings. The number of carbonyl (C=O) groups excluding carboxylic acids is 2. The van der Waals surface area contributed by atoms with E-state index in [2.05, 4.69) is 22.5 Å². The quantitative estimate of drug-likeness (QED) is 0.844. The molecule has 6 heteroatoms. The van der Waals surface area contributed by atoms with Gasteiger partial charge in [-0.2, -0.15) is 0 Å². The first-order valence-corrected chi connectivity index (χ1v) is 9.19. The van der Waals surface area contributed by atoms with E-state index < -0.39 is 0 Å². The SMILES string of the molecule is C[C@@H]1CCCN(CC(=O)Nc2ccccc2C(=O)Nc2ccc(F)cc2)C1. The first-order valence-electron chi connectivity index (χ1n) is 9.19. The minimum Gasteiger partial charge on any atom is -0.324 e. The lowest BCUT2D eigenvalue weighted by Crippen LogP contribution is -2.39. The van der Waals surface area contributed by atoms with E-state index in [9.17, 15) is 14.0 Å². The molecule has 142 valence electrons. The smallest absolute Gasteiger partial charge is 0.257 e. The van der Waals surface area contributed by atoms with Gasteiger partial charge in [0, 0.05) is 12.2 Å². The lowest BCUT2D eigenvalue weighted by Gasteiger charge is -2.30. The molecule has 0 bridgehead atoms. The number of piperidine rings is 1. The van der Waals surface area contributed by atoms with Crippen molar-refractivity contribution in [1.82, 2.24) is 4.90 Å². The third kappa shape index (κ3) is 5.37. The molecule has 1 fully saturated rings. The van der Waals surface area contributed by atoms with Gasteiger partial charge in [-0.1, -0.05) is 19.1 Å². The normalized spacial score (nSPS) is 17.3. The van der Waals surface area contributed by atoms with E-state index in [0.717, 1.165) is 19.5 Å². The van der Waals surface area contributed by atoms with Gasteiger partial charge in [0.15, 0.2) is 0 Å². The molecule has 2 aromatic carbocycles. The zero-order chi connectivity index (χ0) is 19.2. The van der Waals surface area contributed by atoms with Gasteiger partial charge in [-0.3, -0.25) is 14.5 Å². The Morgan fingerprint density at radius 1 is 1.11 bits per heavy atom. The van der Waals surface area contributed by atoms with Gasteiger partial charge in [0.2, 0.25) is 5.91 Å². The number of halogens is 1. The summed E-state index contributed by atoms with van der Waals surface area (Å²) in [5.74, 6) is -0.261. The molecule has 0 unspecified atom stereocenters. The van der Waals surface area contributed by atoms with Crippen molar-refractivity contribution in [2.45, 2.75) is 19.8 Å². The van der Waals surface area contributed by atoms with Crippen molar-refractivity contribution in [1.29, 1.82) is 0 Å². The number of likely N-dealkylation sites (tertiary alicyclic amines) is 1. The Morgan fingerprint density at radius 2 is 1.85 bits per heavy atom. The van der Waals surface area contributed by atoms with Crippen molar-refractivity contribution in [3.63, 3.8) is 0 Å². The summed E-state index contributed by atoms with van der Waals surface area (Å²) < 4.78 is 13.0. The van der Waals surface area contributed by atoms with Crippen LogP contribution >= 0.6 is 0 Å². The second-order valence-electron chi connectivity index (χ2n) is 7.04. The number of rotatable bonds is 5. The summed E-state index contributed by atoms with van der Waals surface area (Å²) in [6, 6.07) is 12.4. The van der Waals surface area contributed by atoms with Crippen molar-refractivity contribution in [3.8, 4) is 0 Å². The average molecular weight is 369 g/mol. The molecule has 2 N–H and O–H groups in total. The van der Waals surface area contributed by atoms with Crippen LogP contribution in [0.5, 0.6) is 0 Å². The summed E-state index contributed by atoms with van der Waals surface area (Å²) in [6.07, 6.45) is 2.30. The number of amides is 2. The molecule has 0 aliphatic carbocycles. The summed E-state index contributed by atoms with van der Waals surface area (Å²) in [5.41, 5.74) is 1.32. The van der Waals surface area contributed by atoms with Gasteiger partial charge in [-0.25, -0.2) is 4.39 Å². The summed E-state index contributed by atoms with van der Waals surface area (Å²) >= 11 is 0. The molecule has 1 aliphatic heterocycles. The molecule has 1 atom stereocenters. The van der Waals surface area contributed by atoms with Crippen molar-refractivity contribution in [2.24, 2.45) is 5.92 Å². The van der Waals surface area contributed by atoms with E-state index in [0.29, 0.717) is 29.4 Å². The Bertz CT molecular complexity index is 807. The zero-order valence-electron chi connectivity index (χ0n) is 15.4. The van der Waals surface area contributed by atoms with Crippen LogP contribution in [0.15, 0.2) is 48.5 Å². The summed E-state index contributed by atoms with van der Waals surface area (Å²) in [7, 11) is 0. The Kier molecular flexibility index (Phi) is 6.19. The second-order valence-corrected chi connectivity index (χ2v) is 7.04. The van der Waals surface area contributed by atoms with Gasteiger partial charge in [0.25, 0.3) is 5.91 Å². The largest absolute Gasteiger partial charge is 0.324 e. The van der Waals surface area contributed by atoms with Crippen LogP contribution in [0.2, 0.25) is 0 Å². The van der Waals surface area contributed by atoms with E-state index in [1.807, 2.05) is 0 Å². The fourth-order valence-corrected chi connectivity index (χ4v) is 3.34. The third-order valence-electron chi connectivity index (χ3n) is 4.66. The number of hydrogen-bond acceptors (Lipinski definition) is 3. The Labute approximate surface area is 158 Å². The van der Waals surface area contributed by atoms with E-state index in [1.165, 1.54) is 30.7 Å². The molecule has 0 saturated carbocycles. The molecule has 1 saturated heterocycles. The number of hydrogen-bond donors (Lipinski definition) is 2. The lowest BCUT2D eigenvalue weighted by atomic mass is 10.0. The highest BCUT2D eigenvalue weighted by atomic mass is 19.1. The van der Waals surface area contributed by atoms with Gasteiger partial charge < -0.3 is 10.6 Å². The average Bonchev–Trinajstić information content (AvgIpc) is 2.64. The predicted octanol–water partition coefficient (Wildman–Crippen LogP) is 3.75. The fourth-order valence-electron chi connectivity index (χ4n) is 3.34. The van der Waals surface area contributed by atoms with E-state index >= 15 is 0 Å². The molecule has 2 amide bonds. The number of para-hydroxylation sites is 1. The van der Waals surface area contributed by atoms with Crippen molar-refractivity contribution in [2.75, 3.05) is 30.3 Å². The predicted molar refractivity (Wildman–Crippen MR) is 104 cm³/mol. The van der Waals surface area contributed by atoms with Crippen LogP contribution < -0.4 is 10.6 Å². The second kappa shape index (κ2) is 8.77. The molecular formula is C21H24FN3O2.